The fourth-order valence-corrected chi connectivity index (χ4v) is 4.09. The van der Waals surface area contributed by atoms with Gasteiger partial charge in [-0.15, -0.1) is 0 Å². The van der Waals surface area contributed by atoms with E-state index < -0.39 is 18.1 Å². The molecule has 206 valence electrons. The predicted molar refractivity (Wildman–Crippen MR) is 146 cm³/mol. The highest BCUT2D eigenvalue weighted by Gasteiger charge is 2.26. The molecule has 10 heteroatoms. The van der Waals surface area contributed by atoms with Crippen molar-refractivity contribution in [1.82, 2.24) is 16.0 Å². The van der Waals surface area contributed by atoms with Crippen molar-refractivity contribution in [3.63, 3.8) is 0 Å². The number of hydrogen-bond acceptors (Lipinski definition) is 8. The summed E-state index contributed by atoms with van der Waals surface area (Å²) >= 11 is 0. The largest absolute Gasteiger partial charge is 0.461 e. The van der Waals surface area contributed by atoms with Crippen LogP contribution < -0.4 is 16.0 Å². The van der Waals surface area contributed by atoms with E-state index in [1.807, 2.05) is 54.6 Å². The first kappa shape index (κ1) is 27.7. The van der Waals surface area contributed by atoms with Crippen molar-refractivity contribution in [3.8, 4) is 0 Å². The third-order valence-corrected chi connectivity index (χ3v) is 5.97. The number of nitrogens with one attached hydrogen (secondary N) is 3. The summed E-state index contributed by atoms with van der Waals surface area (Å²) in [6, 6.07) is 15.8. The van der Waals surface area contributed by atoms with Gasteiger partial charge < -0.3 is 24.5 Å². The van der Waals surface area contributed by atoms with E-state index in [0.717, 1.165) is 29.5 Å². The van der Waals surface area contributed by atoms with Gasteiger partial charge in [-0.2, -0.15) is 0 Å². The number of esters is 1. The van der Waals surface area contributed by atoms with Gasteiger partial charge in [0.2, 0.25) is 5.91 Å². The average Bonchev–Trinajstić information content (AvgIpc) is 3.33. The van der Waals surface area contributed by atoms with E-state index in [9.17, 15) is 14.4 Å². The van der Waals surface area contributed by atoms with Crippen LogP contribution >= 0.6 is 0 Å². The van der Waals surface area contributed by atoms with Crippen LogP contribution in [-0.2, 0) is 38.5 Å². The second-order valence-corrected chi connectivity index (χ2v) is 9.59. The van der Waals surface area contributed by atoms with Crippen LogP contribution in [0.1, 0.15) is 43.6 Å². The summed E-state index contributed by atoms with van der Waals surface area (Å²) in [6.45, 7) is 5.08. The minimum atomic E-state index is -0.990. The second kappa shape index (κ2) is 13.5. The monoisotopic (exact) mass is 534 g/mol. The highest BCUT2D eigenvalue weighted by atomic mass is 16.6. The van der Waals surface area contributed by atoms with Gasteiger partial charge in [-0.25, -0.2) is 9.59 Å². The smallest absolute Gasteiger partial charge is 0.408 e. The molecule has 0 saturated carbocycles. The molecular weight excluding hydrogens is 500 g/mol. The van der Waals surface area contributed by atoms with Gasteiger partial charge in [0.25, 0.3) is 0 Å². The molecule has 2 amide bonds. The Labute approximate surface area is 227 Å². The molecule has 3 N–H and O–H groups in total. The zero-order valence-corrected chi connectivity index (χ0v) is 22.2. The van der Waals surface area contributed by atoms with Crippen molar-refractivity contribution < 1.29 is 28.3 Å². The summed E-state index contributed by atoms with van der Waals surface area (Å²) in [6.07, 6.45) is 0.838. The van der Waals surface area contributed by atoms with Crippen molar-refractivity contribution in [2.45, 2.75) is 58.3 Å². The van der Waals surface area contributed by atoms with E-state index in [-0.39, 0.29) is 25.0 Å². The Morgan fingerprint density at radius 2 is 1.90 bits per heavy atom. The lowest BCUT2D eigenvalue weighted by Crippen LogP contribution is -2.44. The number of carbonyl (C=O) groups is 3. The maximum atomic E-state index is 12.7. The number of nitrogens with zero attached hydrogens (tertiary/aromatic N) is 1. The van der Waals surface area contributed by atoms with Gasteiger partial charge in [0, 0.05) is 31.3 Å². The maximum Gasteiger partial charge on any atom is 0.408 e. The molecule has 10 nitrogen and oxygen atoms in total. The number of furan rings is 1. The van der Waals surface area contributed by atoms with Crippen molar-refractivity contribution in [1.29, 1.82) is 0 Å². The first-order valence-electron chi connectivity index (χ1n) is 13.1. The number of guanidine groups is 1. The van der Waals surface area contributed by atoms with Gasteiger partial charge in [0.15, 0.2) is 5.96 Å². The highest BCUT2D eigenvalue weighted by molar-refractivity contribution is 5.97. The van der Waals surface area contributed by atoms with Crippen molar-refractivity contribution in [3.05, 3.63) is 71.5 Å². The number of ether oxygens (including phenoxy) is 2. The number of benzene rings is 2. The Hall–Kier alpha value is -4.34. The van der Waals surface area contributed by atoms with Crippen LogP contribution in [0.2, 0.25) is 0 Å². The van der Waals surface area contributed by atoms with E-state index in [2.05, 4.69) is 20.9 Å². The number of aryl methyl sites for hydroxylation is 1. The minimum absolute atomic E-state index is 0.0781. The summed E-state index contributed by atoms with van der Waals surface area (Å²) in [5.74, 6) is 0.360. The van der Waals surface area contributed by atoms with Crippen LogP contribution in [-0.4, -0.2) is 49.2 Å². The van der Waals surface area contributed by atoms with Crippen LogP contribution in [0, 0.1) is 0 Å². The molecule has 1 unspecified atom stereocenters. The first-order valence-corrected chi connectivity index (χ1v) is 13.1. The Kier molecular flexibility index (Phi) is 9.55. The average molecular weight is 535 g/mol. The molecular formula is C29H34N4O6. The summed E-state index contributed by atoms with van der Waals surface area (Å²) in [7, 11) is 0. The molecule has 0 saturated heterocycles. The maximum absolute atomic E-state index is 12.7. The molecule has 1 atom stereocenters. The Morgan fingerprint density at radius 1 is 1.08 bits per heavy atom. The number of carbonyl (C=O) groups excluding carboxylic acids is 3. The summed E-state index contributed by atoms with van der Waals surface area (Å²) in [4.78, 5) is 41.8. The van der Waals surface area contributed by atoms with E-state index in [1.54, 1.807) is 13.8 Å². The van der Waals surface area contributed by atoms with Gasteiger partial charge in [-0.3, -0.25) is 15.1 Å². The molecule has 1 aromatic heterocycles. The quantitative estimate of drug-likeness (QED) is 0.339. The zero-order chi connectivity index (χ0) is 27.6. The lowest BCUT2D eigenvalue weighted by molar-refractivity contribution is -0.149. The van der Waals surface area contributed by atoms with Crippen LogP contribution in [0.25, 0.3) is 11.0 Å². The lowest BCUT2D eigenvalue weighted by Gasteiger charge is -2.18. The molecule has 4 rings (SSSR count). The Morgan fingerprint density at radius 3 is 2.64 bits per heavy atom. The van der Waals surface area contributed by atoms with E-state index in [0.29, 0.717) is 36.7 Å². The van der Waals surface area contributed by atoms with Crippen molar-refractivity contribution >= 4 is 34.9 Å². The highest BCUT2D eigenvalue weighted by Crippen LogP contribution is 2.23. The van der Waals surface area contributed by atoms with Crippen LogP contribution in [0.5, 0.6) is 0 Å². The van der Waals surface area contributed by atoms with Crippen LogP contribution in [0.4, 0.5) is 4.79 Å². The molecule has 0 aliphatic carbocycles. The van der Waals surface area contributed by atoms with Gasteiger partial charge >= 0.3 is 12.1 Å². The molecule has 2 aromatic carbocycles. The third kappa shape index (κ3) is 8.59. The summed E-state index contributed by atoms with van der Waals surface area (Å²) < 4.78 is 16.6. The van der Waals surface area contributed by atoms with Gasteiger partial charge in [0.05, 0.1) is 6.10 Å². The number of rotatable bonds is 10. The molecule has 0 bridgehead atoms. The molecule has 3 aromatic rings. The number of aliphatic imine (C=N–C) groups is 1. The summed E-state index contributed by atoms with van der Waals surface area (Å²) in [5.41, 5.74) is 2.45. The first-order chi connectivity index (χ1) is 18.9. The van der Waals surface area contributed by atoms with E-state index >= 15 is 0 Å². The van der Waals surface area contributed by atoms with Gasteiger partial charge in [0.1, 0.15) is 24.0 Å². The predicted octanol–water partition coefficient (Wildman–Crippen LogP) is 3.62. The van der Waals surface area contributed by atoms with Crippen LogP contribution in [0.15, 0.2) is 64.0 Å². The second-order valence-electron chi connectivity index (χ2n) is 9.59. The molecule has 2 heterocycles. The normalized spacial score (nSPS) is 13.8. The SMILES string of the molecule is CC(C)OC(=O)C(Cc1cc2cc(CCC(=O)NC3=NCCCN3)ccc2o1)NC(=O)OCc1ccccc1. The van der Waals surface area contributed by atoms with Crippen molar-refractivity contribution in [2.75, 3.05) is 13.1 Å². The fourth-order valence-electron chi connectivity index (χ4n) is 4.09. The minimum Gasteiger partial charge on any atom is -0.461 e. The van der Waals surface area contributed by atoms with Crippen LogP contribution in [0.3, 0.4) is 0 Å². The molecule has 0 radical (unpaired) electrons. The standard InChI is InChI=1S/C29H34N4O6/c1-19(2)38-27(35)24(32-29(36)37-18-21-7-4-3-5-8-21)17-23-16-22-15-20(9-11-25(22)39-23)10-12-26(34)33-28-30-13-6-14-31-28/h3-5,7-9,11,15-16,19,24H,6,10,12-14,17-18H2,1-2H3,(H,32,36)(H2,30,31,33,34). The molecule has 0 fully saturated rings. The van der Waals surface area contributed by atoms with E-state index in [4.69, 9.17) is 13.9 Å². The fraction of sp³-hybridized carbons (Fsp3) is 0.379. The number of alkyl carbamates (subject to hydrolysis) is 1. The number of fused-ring (bicyclic) bond motifs is 1. The Balaban J connectivity index is 1.37. The molecule has 1 aliphatic heterocycles. The van der Waals surface area contributed by atoms with E-state index in [1.165, 1.54) is 0 Å². The number of amides is 2. The third-order valence-electron chi connectivity index (χ3n) is 5.97. The van der Waals surface area contributed by atoms with Gasteiger partial charge in [-0.05, 0) is 56.0 Å². The molecule has 39 heavy (non-hydrogen) atoms. The summed E-state index contributed by atoms with van der Waals surface area (Å²) in [5, 5.41) is 9.32. The lowest BCUT2D eigenvalue weighted by atomic mass is 10.1. The topological polar surface area (TPSA) is 131 Å². The zero-order valence-electron chi connectivity index (χ0n) is 22.2. The Bertz CT molecular complexity index is 1320. The molecule has 1 aliphatic rings. The van der Waals surface area contributed by atoms with Crippen molar-refractivity contribution in [2.24, 2.45) is 4.99 Å². The molecule has 0 spiro atoms. The number of hydrogen-bond donors (Lipinski definition) is 3. The van der Waals surface area contributed by atoms with Gasteiger partial charge in [-0.1, -0.05) is 36.4 Å².